The highest BCUT2D eigenvalue weighted by Gasteiger charge is 2.32. The SMILES string of the molecule is C[C@H](NC(=O)c1ccc2c(c1)S(=O)(=O)N=C1CCCCCN12)c1ccccn1. The molecule has 8 heteroatoms. The number of amides is 1. The first kappa shape index (κ1) is 18.6. The van der Waals surface area contributed by atoms with Crippen LogP contribution in [0.15, 0.2) is 51.9 Å². The van der Waals surface area contributed by atoms with Gasteiger partial charge >= 0.3 is 0 Å². The Morgan fingerprint density at radius 2 is 2.04 bits per heavy atom. The lowest BCUT2D eigenvalue weighted by molar-refractivity contribution is 0.0939. The monoisotopic (exact) mass is 398 g/mol. The van der Waals surface area contributed by atoms with Gasteiger partial charge < -0.3 is 10.2 Å². The first-order valence-electron chi connectivity index (χ1n) is 9.43. The minimum Gasteiger partial charge on any atom is -0.344 e. The molecule has 0 unspecified atom stereocenters. The maximum absolute atomic E-state index is 12.7. The number of carbonyl (C=O) groups excluding carboxylic acids is 1. The summed E-state index contributed by atoms with van der Waals surface area (Å²) in [5.41, 5.74) is 1.64. The van der Waals surface area contributed by atoms with Crippen LogP contribution in [0.1, 0.15) is 54.7 Å². The molecule has 4 rings (SSSR count). The number of hydrogen-bond acceptors (Lipinski definition) is 5. The van der Waals surface area contributed by atoms with Crippen LogP contribution in [0.25, 0.3) is 0 Å². The average Bonchev–Trinajstić information content (AvgIpc) is 2.93. The number of carbonyl (C=O) groups is 1. The largest absolute Gasteiger partial charge is 0.344 e. The van der Waals surface area contributed by atoms with E-state index in [0.717, 1.165) is 31.5 Å². The van der Waals surface area contributed by atoms with Crippen molar-refractivity contribution in [2.24, 2.45) is 4.40 Å². The molecule has 1 aromatic heterocycles. The highest BCUT2D eigenvalue weighted by atomic mass is 32.2. The highest BCUT2D eigenvalue weighted by Crippen LogP contribution is 2.35. The van der Waals surface area contributed by atoms with E-state index in [9.17, 15) is 13.2 Å². The second kappa shape index (κ2) is 7.35. The Morgan fingerprint density at radius 3 is 2.82 bits per heavy atom. The van der Waals surface area contributed by atoms with Crippen molar-refractivity contribution in [1.82, 2.24) is 10.3 Å². The van der Waals surface area contributed by atoms with Crippen molar-refractivity contribution in [2.75, 3.05) is 11.4 Å². The number of aromatic nitrogens is 1. The number of sulfonamides is 1. The molecule has 1 aromatic carbocycles. The van der Waals surface area contributed by atoms with Gasteiger partial charge in [-0.05, 0) is 50.1 Å². The van der Waals surface area contributed by atoms with Crippen LogP contribution in [-0.2, 0) is 10.0 Å². The van der Waals surface area contributed by atoms with Crippen LogP contribution in [0.2, 0.25) is 0 Å². The molecule has 7 nitrogen and oxygen atoms in total. The van der Waals surface area contributed by atoms with Crippen molar-refractivity contribution in [3.05, 3.63) is 53.9 Å². The number of nitrogens with zero attached hydrogens (tertiary/aromatic N) is 3. The zero-order valence-corrected chi connectivity index (χ0v) is 16.4. The Morgan fingerprint density at radius 1 is 1.18 bits per heavy atom. The lowest BCUT2D eigenvalue weighted by atomic mass is 10.1. The number of hydrogen-bond donors (Lipinski definition) is 1. The summed E-state index contributed by atoms with van der Waals surface area (Å²) in [7, 11) is -3.81. The second-order valence-electron chi connectivity index (χ2n) is 7.08. The van der Waals surface area contributed by atoms with Crippen LogP contribution >= 0.6 is 0 Å². The second-order valence-corrected chi connectivity index (χ2v) is 8.65. The summed E-state index contributed by atoms with van der Waals surface area (Å²) in [6.45, 7) is 2.58. The van der Waals surface area contributed by atoms with Crippen LogP contribution in [-0.4, -0.2) is 31.7 Å². The topological polar surface area (TPSA) is 91.7 Å². The molecule has 2 aliphatic heterocycles. The third-order valence-electron chi connectivity index (χ3n) is 5.09. The van der Waals surface area contributed by atoms with E-state index in [1.165, 1.54) is 6.07 Å². The fourth-order valence-corrected chi connectivity index (χ4v) is 4.89. The predicted octanol–water partition coefficient (Wildman–Crippen LogP) is 3.05. The Kier molecular flexibility index (Phi) is 4.89. The van der Waals surface area contributed by atoms with E-state index in [0.29, 0.717) is 23.5 Å². The third-order valence-corrected chi connectivity index (χ3v) is 6.42. The molecule has 0 radical (unpaired) electrons. The fraction of sp³-hybridized carbons (Fsp3) is 0.350. The smallest absolute Gasteiger partial charge is 0.286 e. The molecule has 1 atom stereocenters. The molecule has 2 aliphatic rings. The Hall–Kier alpha value is -2.74. The van der Waals surface area contributed by atoms with Gasteiger partial charge in [0.15, 0.2) is 0 Å². The molecule has 1 fully saturated rings. The molecule has 1 saturated heterocycles. The van der Waals surface area contributed by atoms with Crippen LogP contribution in [0.4, 0.5) is 5.69 Å². The van der Waals surface area contributed by atoms with E-state index >= 15 is 0 Å². The van der Waals surface area contributed by atoms with Crippen molar-refractivity contribution in [2.45, 2.75) is 43.5 Å². The third kappa shape index (κ3) is 3.52. The summed E-state index contributed by atoms with van der Waals surface area (Å²) in [5, 5.41) is 2.87. The molecule has 3 heterocycles. The zero-order chi connectivity index (χ0) is 19.7. The van der Waals surface area contributed by atoms with Gasteiger partial charge in [0, 0.05) is 24.7 Å². The molecular weight excluding hydrogens is 376 g/mol. The van der Waals surface area contributed by atoms with Gasteiger partial charge in [-0.1, -0.05) is 12.5 Å². The fourth-order valence-electron chi connectivity index (χ4n) is 3.61. The maximum Gasteiger partial charge on any atom is 0.286 e. The van der Waals surface area contributed by atoms with E-state index in [1.54, 1.807) is 18.3 Å². The lowest BCUT2D eigenvalue weighted by Gasteiger charge is -2.29. The van der Waals surface area contributed by atoms with Gasteiger partial charge in [0.2, 0.25) is 0 Å². The first-order valence-corrected chi connectivity index (χ1v) is 10.9. The average molecular weight is 398 g/mol. The highest BCUT2D eigenvalue weighted by molar-refractivity contribution is 7.90. The van der Waals surface area contributed by atoms with E-state index in [1.807, 2.05) is 30.0 Å². The number of nitrogens with one attached hydrogen (secondary N) is 1. The van der Waals surface area contributed by atoms with E-state index in [2.05, 4.69) is 14.7 Å². The quantitative estimate of drug-likeness (QED) is 0.858. The predicted molar refractivity (Wildman–Crippen MR) is 107 cm³/mol. The van der Waals surface area contributed by atoms with Crippen molar-refractivity contribution in [3.63, 3.8) is 0 Å². The molecule has 0 aliphatic carbocycles. The summed E-state index contributed by atoms with van der Waals surface area (Å²) < 4.78 is 29.4. The first-order chi connectivity index (χ1) is 13.5. The minimum atomic E-state index is -3.81. The van der Waals surface area contributed by atoms with Gasteiger partial charge in [0.25, 0.3) is 15.9 Å². The van der Waals surface area contributed by atoms with Crippen LogP contribution in [0, 0.1) is 0 Å². The molecule has 2 aromatic rings. The number of anilines is 1. The number of fused-ring (bicyclic) bond motifs is 3. The number of benzene rings is 1. The van der Waals surface area contributed by atoms with Gasteiger partial charge in [-0.15, -0.1) is 4.40 Å². The van der Waals surface area contributed by atoms with Crippen LogP contribution < -0.4 is 10.2 Å². The zero-order valence-electron chi connectivity index (χ0n) is 15.6. The molecule has 1 N–H and O–H groups in total. The number of amidine groups is 1. The summed E-state index contributed by atoms with van der Waals surface area (Å²) >= 11 is 0. The maximum atomic E-state index is 12.7. The van der Waals surface area contributed by atoms with Gasteiger partial charge in [0.05, 0.1) is 17.4 Å². The van der Waals surface area contributed by atoms with Crippen molar-refractivity contribution in [1.29, 1.82) is 0 Å². The standard InChI is InChI=1S/C20H22N4O3S/c1-14(16-7-4-5-11-21-16)22-20(25)15-9-10-17-18(13-15)28(26,27)23-19-8-3-2-6-12-24(17)19/h4-5,7,9-11,13-14H,2-3,6,8,12H2,1H3,(H,22,25)/t14-/m0/s1. The van der Waals surface area contributed by atoms with E-state index < -0.39 is 10.0 Å². The van der Waals surface area contributed by atoms with Crippen molar-refractivity contribution >= 4 is 27.5 Å². The van der Waals surface area contributed by atoms with Crippen molar-refractivity contribution < 1.29 is 13.2 Å². The molecule has 1 amide bonds. The van der Waals surface area contributed by atoms with Gasteiger partial charge in [0.1, 0.15) is 10.7 Å². The van der Waals surface area contributed by atoms with Crippen LogP contribution in [0.5, 0.6) is 0 Å². The Bertz CT molecular complexity index is 1030. The molecule has 146 valence electrons. The normalized spacial score (nSPS) is 18.9. The summed E-state index contributed by atoms with van der Waals surface area (Å²) in [6, 6.07) is 10.0. The van der Waals surface area contributed by atoms with Gasteiger partial charge in [-0.2, -0.15) is 8.42 Å². The summed E-state index contributed by atoms with van der Waals surface area (Å²) in [4.78, 5) is 19.0. The minimum absolute atomic E-state index is 0.0938. The Balaban J connectivity index is 1.63. The number of rotatable bonds is 3. The van der Waals surface area contributed by atoms with Crippen LogP contribution in [0.3, 0.4) is 0 Å². The summed E-state index contributed by atoms with van der Waals surface area (Å²) in [6.07, 6.45) is 5.30. The molecular formula is C20H22N4O3S. The van der Waals surface area contributed by atoms with E-state index in [-0.39, 0.29) is 16.8 Å². The van der Waals surface area contributed by atoms with E-state index in [4.69, 9.17) is 0 Å². The molecule has 0 saturated carbocycles. The lowest BCUT2D eigenvalue weighted by Crippen LogP contribution is -2.35. The molecule has 0 spiro atoms. The van der Waals surface area contributed by atoms with Gasteiger partial charge in [-0.3, -0.25) is 9.78 Å². The molecule has 0 bridgehead atoms. The molecule has 28 heavy (non-hydrogen) atoms. The van der Waals surface area contributed by atoms with Gasteiger partial charge in [-0.25, -0.2) is 0 Å². The Labute approximate surface area is 164 Å². The van der Waals surface area contributed by atoms with Crippen molar-refractivity contribution in [3.8, 4) is 0 Å². The summed E-state index contributed by atoms with van der Waals surface area (Å²) in [5.74, 6) is 0.257. The number of pyridine rings is 1.